The molecule has 2 aromatic rings. The lowest BCUT2D eigenvalue weighted by molar-refractivity contribution is -0.256. The number of ether oxygens (including phenoxy) is 1. The number of carbonyl (C=O) groups excluding carboxylic acids is 5. The number of nitrogens with two attached hydrogens (primary N) is 1. The summed E-state index contributed by atoms with van der Waals surface area (Å²) in [6.07, 6.45) is 0.143. The lowest BCUT2D eigenvalue weighted by Crippen LogP contribution is -2.57. The van der Waals surface area contributed by atoms with Crippen LogP contribution in [0.1, 0.15) is 72.4 Å². The summed E-state index contributed by atoms with van der Waals surface area (Å²) in [6.45, 7) is 3.27. The molecule has 4 aliphatic rings. The molecule has 6 rings (SSSR count). The van der Waals surface area contributed by atoms with Crippen LogP contribution in [0.4, 0.5) is 5.13 Å². The van der Waals surface area contributed by atoms with Crippen molar-refractivity contribution in [1.29, 1.82) is 0 Å². The number of thiazole rings is 1. The number of cyclic esters (lactones) is 1. The Morgan fingerprint density at radius 2 is 1.63 bits per heavy atom. The number of imide groups is 1. The van der Waals surface area contributed by atoms with Gasteiger partial charge in [0.25, 0.3) is 23.6 Å². The van der Waals surface area contributed by atoms with Crippen molar-refractivity contribution in [1.82, 2.24) is 20.3 Å². The van der Waals surface area contributed by atoms with Crippen molar-refractivity contribution in [2.24, 2.45) is 10.6 Å². The Kier molecular flexibility index (Phi) is 8.37. The third-order valence-electron chi connectivity index (χ3n) is 9.26. The summed E-state index contributed by atoms with van der Waals surface area (Å²) in [4.78, 5) is 107. The molecule has 3 aliphatic heterocycles. The van der Waals surface area contributed by atoms with Gasteiger partial charge in [0.05, 0.1) is 17.5 Å². The van der Waals surface area contributed by atoms with Gasteiger partial charge < -0.3 is 41.1 Å². The molecule has 2 saturated heterocycles. The van der Waals surface area contributed by atoms with E-state index in [9.17, 15) is 54.0 Å². The van der Waals surface area contributed by atoms with Crippen molar-refractivity contribution in [2.45, 2.75) is 69.4 Å². The van der Waals surface area contributed by atoms with Crippen LogP contribution in [0.5, 0.6) is 11.5 Å². The van der Waals surface area contributed by atoms with E-state index in [1.165, 1.54) is 5.38 Å². The van der Waals surface area contributed by atoms with Crippen LogP contribution in [0.15, 0.2) is 22.7 Å². The van der Waals surface area contributed by atoms with Crippen molar-refractivity contribution in [3.63, 3.8) is 0 Å². The zero-order valence-corrected chi connectivity index (χ0v) is 27.6. The molecule has 21 heteroatoms. The van der Waals surface area contributed by atoms with Gasteiger partial charge in [-0.3, -0.25) is 28.9 Å². The smallest absolute Gasteiger partial charge is 0.372 e. The number of hydrogen-bond acceptors (Lipinski definition) is 16. The van der Waals surface area contributed by atoms with Crippen molar-refractivity contribution < 1.29 is 68.4 Å². The molecule has 20 nitrogen and oxygen atoms in total. The molecular formula is C30H30N6O14S. The number of hydroxylamine groups is 2. The number of phenolic OH excluding ortho intramolecular Hbond substituents is 2. The summed E-state index contributed by atoms with van der Waals surface area (Å²) >= 11 is 0.932. The first-order chi connectivity index (χ1) is 23.9. The fourth-order valence-electron chi connectivity index (χ4n) is 6.17. The number of carbonyl (C=O) groups is 7. The summed E-state index contributed by atoms with van der Waals surface area (Å²) < 4.78 is 5.12. The van der Waals surface area contributed by atoms with Crippen LogP contribution < -0.4 is 11.1 Å². The number of nitrogen functional groups attached to an aromatic ring is 1. The predicted molar refractivity (Wildman–Crippen MR) is 167 cm³/mol. The van der Waals surface area contributed by atoms with Gasteiger partial charge >= 0.3 is 23.6 Å². The van der Waals surface area contributed by atoms with E-state index in [0.717, 1.165) is 23.5 Å². The Morgan fingerprint density at radius 1 is 1.02 bits per heavy atom. The molecule has 3 fully saturated rings. The number of oxime groups is 1. The molecule has 1 aromatic carbocycles. The molecular weight excluding hydrogens is 700 g/mol. The first kappa shape index (κ1) is 35.0. The van der Waals surface area contributed by atoms with E-state index in [-0.39, 0.29) is 45.3 Å². The molecule has 4 heterocycles. The van der Waals surface area contributed by atoms with Crippen LogP contribution in [0.25, 0.3) is 0 Å². The molecule has 0 radical (unpaired) electrons. The Morgan fingerprint density at radius 3 is 2.16 bits per heavy atom. The molecule has 1 aromatic heterocycles. The quantitative estimate of drug-likeness (QED) is 0.0647. The zero-order chi connectivity index (χ0) is 37.2. The number of amides is 4. The third kappa shape index (κ3) is 5.82. The minimum absolute atomic E-state index is 0.0250. The maximum Gasteiger partial charge on any atom is 0.372 e. The van der Waals surface area contributed by atoms with Crippen molar-refractivity contribution in [3.8, 4) is 11.5 Å². The SMILES string of the molecule is CC1(C)CCC(O/N=C(\C(=O)N[C@H]2CON(C3(C(=O)O)C[C@H](N4C(=O)c5cc(O)c(O)cc5C4=O)C(=O)O3)C2=O)c2csc(N)n2)(C(=O)O)CC1. The first-order valence-corrected chi connectivity index (χ1v) is 16.2. The van der Waals surface area contributed by atoms with Crippen LogP contribution in [-0.4, -0.2) is 113 Å². The maximum absolute atomic E-state index is 13.6. The number of fused-ring (bicyclic) bond motifs is 1. The normalized spacial score (nSPS) is 25.5. The highest BCUT2D eigenvalue weighted by atomic mass is 32.1. The van der Waals surface area contributed by atoms with Crippen molar-refractivity contribution >= 4 is 63.7 Å². The van der Waals surface area contributed by atoms with Gasteiger partial charge in [-0.15, -0.1) is 11.3 Å². The molecule has 270 valence electrons. The van der Waals surface area contributed by atoms with Crippen LogP contribution in [-0.2, 0) is 38.4 Å². The lowest BCUT2D eigenvalue weighted by atomic mass is 9.71. The Hall–Kier alpha value is -5.83. The van der Waals surface area contributed by atoms with E-state index < -0.39 is 95.2 Å². The van der Waals surface area contributed by atoms with Crippen molar-refractivity contribution in [2.75, 3.05) is 12.3 Å². The Balaban J connectivity index is 1.22. The summed E-state index contributed by atoms with van der Waals surface area (Å²) in [7, 11) is 0. The van der Waals surface area contributed by atoms with Gasteiger partial charge in [-0.05, 0) is 30.4 Å². The Labute approximate surface area is 290 Å². The number of aromatic nitrogens is 1. The number of anilines is 1. The molecule has 1 aliphatic carbocycles. The summed E-state index contributed by atoms with van der Waals surface area (Å²) in [5, 5.41) is 47.6. The van der Waals surface area contributed by atoms with Gasteiger partial charge in [-0.1, -0.05) is 19.0 Å². The zero-order valence-electron chi connectivity index (χ0n) is 26.8. The highest BCUT2D eigenvalue weighted by Gasteiger charge is 2.65. The highest BCUT2D eigenvalue weighted by Crippen LogP contribution is 2.43. The second-order valence-electron chi connectivity index (χ2n) is 13.1. The second kappa shape index (κ2) is 12.2. The number of esters is 1. The van der Waals surface area contributed by atoms with Crippen LogP contribution in [0.2, 0.25) is 0 Å². The van der Waals surface area contributed by atoms with Gasteiger partial charge in [-0.2, -0.15) is 5.06 Å². The average molecular weight is 731 g/mol. The van der Waals surface area contributed by atoms with E-state index in [1.807, 2.05) is 13.8 Å². The molecule has 0 spiro atoms. The highest BCUT2D eigenvalue weighted by molar-refractivity contribution is 7.13. The second-order valence-corrected chi connectivity index (χ2v) is 14.0. The molecule has 4 amide bonds. The minimum atomic E-state index is -2.91. The van der Waals surface area contributed by atoms with E-state index in [2.05, 4.69) is 15.5 Å². The van der Waals surface area contributed by atoms with Gasteiger partial charge in [0.15, 0.2) is 22.3 Å². The summed E-state index contributed by atoms with van der Waals surface area (Å²) in [5.74, 6) is -10.6. The topological polar surface area (TPSA) is 298 Å². The average Bonchev–Trinajstić information content (AvgIpc) is 3.80. The number of nitrogens with one attached hydrogen (secondary N) is 1. The number of carboxylic acids is 2. The van der Waals surface area contributed by atoms with Gasteiger partial charge in [0.2, 0.25) is 5.60 Å². The van der Waals surface area contributed by atoms with Gasteiger partial charge in [0, 0.05) is 18.2 Å². The van der Waals surface area contributed by atoms with Crippen LogP contribution in [0, 0.1) is 5.41 Å². The molecule has 1 unspecified atom stereocenters. The van der Waals surface area contributed by atoms with Crippen LogP contribution in [0.3, 0.4) is 0 Å². The summed E-state index contributed by atoms with van der Waals surface area (Å²) in [6, 6.07) is -1.91. The lowest BCUT2D eigenvalue weighted by Gasteiger charge is -2.38. The summed E-state index contributed by atoms with van der Waals surface area (Å²) in [5.41, 5.74) is -0.511. The number of carboxylic acid groups (broad SMARTS) is 2. The van der Waals surface area contributed by atoms with E-state index in [4.69, 9.17) is 20.1 Å². The van der Waals surface area contributed by atoms with Crippen LogP contribution >= 0.6 is 11.3 Å². The van der Waals surface area contributed by atoms with E-state index >= 15 is 0 Å². The number of aromatic hydroxyl groups is 2. The number of rotatable bonds is 9. The fourth-order valence-corrected chi connectivity index (χ4v) is 6.72. The van der Waals surface area contributed by atoms with E-state index in [1.54, 1.807) is 0 Å². The molecule has 0 bridgehead atoms. The number of hydrogen-bond donors (Lipinski definition) is 6. The predicted octanol–water partition coefficient (Wildman–Crippen LogP) is -0.0680. The number of nitrogens with zero attached hydrogens (tertiary/aromatic N) is 4. The fraction of sp³-hybridized carbons (Fsp3) is 0.433. The standard InChI is InChI=1S/C30H30N6O14S/c1-28(2)3-5-29(6-4-28,25(44)45)50-34-19(15-11-51-27(31)33-15)20(39)32-14-10-48-36(23(14)42)30(26(46)47)9-16(24(43)49-30)35-21(40)12-7-17(37)18(38)8-13(12)22(35)41/h7-8,11,14,16,37-38H,3-6,9-10H2,1-2H3,(H2,31,33)(H,32,39)(H,44,45)(H,46,47)/b34-19-/t14-,16-,30?/m0/s1. The number of benzene rings is 1. The number of aliphatic carboxylic acids is 2. The van der Waals surface area contributed by atoms with Crippen molar-refractivity contribution in [3.05, 3.63) is 34.3 Å². The first-order valence-electron chi connectivity index (χ1n) is 15.3. The molecule has 7 N–H and O–H groups in total. The largest absolute Gasteiger partial charge is 0.504 e. The molecule has 51 heavy (non-hydrogen) atoms. The molecule has 3 atom stereocenters. The monoisotopic (exact) mass is 730 g/mol. The number of phenols is 2. The van der Waals surface area contributed by atoms with Gasteiger partial charge in [-0.25, -0.2) is 19.4 Å². The minimum Gasteiger partial charge on any atom is -0.504 e. The maximum atomic E-state index is 13.6. The Bertz CT molecular complexity index is 1890. The van der Waals surface area contributed by atoms with E-state index in [0.29, 0.717) is 17.7 Å². The third-order valence-corrected chi connectivity index (χ3v) is 9.94. The molecule has 1 saturated carbocycles. The van der Waals surface area contributed by atoms with Gasteiger partial charge in [0.1, 0.15) is 24.4 Å².